The molecule has 1 unspecified atom stereocenters. The first kappa shape index (κ1) is 26.3. The van der Waals surface area contributed by atoms with E-state index in [1.807, 2.05) is 42.5 Å². The molecular weight excluding hydrogens is 497 g/mol. The topological polar surface area (TPSA) is 73.8 Å². The molecular formula is C28H31Cl2N3O3. The molecule has 190 valence electrons. The fraction of sp³-hybridized carbons (Fsp3) is 0.321. The van der Waals surface area contributed by atoms with Gasteiger partial charge in [-0.05, 0) is 62.2 Å². The highest BCUT2D eigenvalue weighted by molar-refractivity contribution is 6.42. The number of likely N-dealkylation sites (tertiary alicyclic amines) is 1. The lowest BCUT2D eigenvalue weighted by molar-refractivity contribution is -0.0213. The van der Waals surface area contributed by atoms with Crippen molar-refractivity contribution in [2.75, 3.05) is 36.9 Å². The van der Waals surface area contributed by atoms with Gasteiger partial charge in [0.2, 0.25) is 0 Å². The van der Waals surface area contributed by atoms with Crippen LogP contribution in [0.1, 0.15) is 30.1 Å². The van der Waals surface area contributed by atoms with Crippen molar-refractivity contribution in [1.29, 1.82) is 0 Å². The van der Waals surface area contributed by atoms with Crippen LogP contribution in [0.5, 0.6) is 5.75 Å². The summed E-state index contributed by atoms with van der Waals surface area (Å²) in [5.41, 5.74) is 1.04. The Morgan fingerprint density at radius 3 is 2.44 bits per heavy atom. The van der Waals surface area contributed by atoms with Gasteiger partial charge in [0.05, 0.1) is 15.7 Å². The Kier molecular flexibility index (Phi) is 8.75. The average Bonchev–Trinajstić information content (AvgIpc) is 2.87. The normalized spacial score (nSPS) is 16.2. The third-order valence-corrected chi connectivity index (χ3v) is 6.89. The first-order valence-corrected chi connectivity index (χ1v) is 12.8. The van der Waals surface area contributed by atoms with E-state index >= 15 is 0 Å². The van der Waals surface area contributed by atoms with Gasteiger partial charge in [0, 0.05) is 36.9 Å². The first-order chi connectivity index (χ1) is 17.3. The van der Waals surface area contributed by atoms with E-state index in [4.69, 9.17) is 27.9 Å². The maximum atomic E-state index is 12.6. The molecule has 3 aromatic carbocycles. The molecule has 0 spiro atoms. The molecule has 0 aliphatic carbocycles. The van der Waals surface area contributed by atoms with Gasteiger partial charge in [0.15, 0.2) is 0 Å². The van der Waals surface area contributed by atoms with Gasteiger partial charge in [-0.15, -0.1) is 0 Å². The third-order valence-electron chi connectivity index (χ3n) is 6.15. The molecule has 4 rings (SSSR count). The van der Waals surface area contributed by atoms with Crippen LogP contribution >= 0.6 is 23.2 Å². The highest BCUT2D eigenvalue weighted by Crippen LogP contribution is 2.28. The summed E-state index contributed by atoms with van der Waals surface area (Å²) in [4.78, 5) is 14.8. The lowest BCUT2D eigenvalue weighted by Crippen LogP contribution is -2.49. The molecule has 6 nitrogen and oxygen atoms in total. The van der Waals surface area contributed by atoms with Crippen molar-refractivity contribution in [2.45, 2.75) is 31.4 Å². The molecule has 1 atom stereocenters. The molecule has 1 fully saturated rings. The Morgan fingerprint density at radius 2 is 1.72 bits per heavy atom. The van der Waals surface area contributed by atoms with Crippen LogP contribution in [0.25, 0.3) is 0 Å². The molecule has 0 aromatic heterocycles. The summed E-state index contributed by atoms with van der Waals surface area (Å²) in [7, 11) is 0. The van der Waals surface area contributed by atoms with Crippen LogP contribution in [0.4, 0.5) is 11.4 Å². The number of aliphatic hydroxyl groups is 1. The maximum Gasteiger partial charge on any atom is 0.255 e. The van der Waals surface area contributed by atoms with Gasteiger partial charge in [-0.3, -0.25) is 4.79 Å². The number of hydrogen-bond donors (Lipinski definition) is 3. The van der Waals surface area contributed by atoms with E-state index in [9.17, 15) is 9.90 Å². The van der Waals surface area contributed by atoms with Crippen molar-refractivity contribution in [3.63, 3.8) is 0 Å². The second kappa shape index (κ2) is 12.0. The van der Waals surface area contributed by atoms with E-state index < -0.39 is 5.60 Å². The molecule has 0 radical (unpaired) electrons. The zero-order valence-corrected chi connectivity index (χ0v) is 21.7. The smallest absolute Gasteiger partial charge is 0.255 e. The minimum atomic E-state index is -1.06. The zero-order chi connectivity index (χ0) is 25.5. The van der Waals surface area contributed by atoms with Crippen molar-refractivity contribution in [2.24, 2.45) is 0 Å². The molecule has 36 heavy (non-hydrogen) atoms. The number of nitrogens with one attached hydrogen (secondary N) is 2. The fourth-order valence-electron chi connectivity index (χ4n) is 4.30. The quantitative estimate of drug-likeness (QED) is 0.320. The van der Waals surface area contributed by atoms with Crippen molar-refractivity contribution < 1.29 is 14.6 Å². The molecule has 1 aliphatic rings. The fourth-order valence-corrected chi connectivity index (χ4v) is 4.60. The zero-order valence-electron chi connectivity index (χ0n) is 20.2. The maximum absolute atomic E-state index is 12.6. The molecule has 1 aliphatic heterocycles. The molecule has 1 amide bonds. The Hall–Kier alpha value is -2.77. The van der Waals surface area contributed by atoms with Gasteiger partial charge in [0.25, 0.3) is 5.91 Å². The second-order valence-corrected chi connectivity index (χ2v) is 10.2. The van der Waals surface area contributed by atoms with E-state index in [1.54, 1.807) is 37.3 Å². The predicted octanol–water partition coefficient (Wildman–Crippen LogP) is 5.95. The molecule has 1 heterocycles. The molecule has 0 saturated carbocycles. The number of piperidine rings is 1. The Balaban J connectivity index is 1.26. The number of amides is 1. The average molecular weight is 528 g/mol. The summed E-state index contributed by atoms with van der Waals surface area (Å²) < 4.78 is 5.97. The lowest BCUT2D eigenvalue weighted by Gasteiger charge is -2.37. The Bertz CT molecular complexity index is 1170. The third kappa shape index (κ3) is 7.37. The molecule has 3 N–H and O–H groups in total. The number of halogens is 2. The highest BCUT2D eigenvalue weighted by atomic mass is 35.5. The van der Waals surface area contributed by atoms with Crippen LogP contribution in [-0.4, -0.2) is 53.8 Å². The van der Waals surface area contributed by atoms with Gasteiger partial charge < -0.3 is 25.4 Å². The number of hydrogen-bond acceptors (Lipinski definition) is 5. The number of carbonyl (C=O) groups excluding carboxylic acids is 1. The Labute approximate surface area is 222 Å². The summed E-state index contributed by atoms with van der Waals surface area (Å²) in [5, 5.41) is 18.5. The number of anilines is 2. The standard InChI is InChI=1S/C28H31Cl2N3O3/c1-28(35,18-33-15-13-21(14-16-33)31-22-11-12-23(29)24(30)17-22)19-36-26-10-6-5-9-25(26)32-27(34)20-7-3-2-4-8-20/h2-12,17,21,31,35H,13-16,18-19H2,1H3,(H,32,34). The van der Waals surface area contributed by atoms with E-state index in [0.29, 0.717) is 39.6 Å². The van der Waals surface area contributed by atoms with Crippen LogP contribution < -0.4 is 15.4 Å². The summed E-state index contributed by atoms with van der Waals surface area (Å²) in [6, 6.07) is 22.2. The van der Waals surface area contributed by atoms with Gasteiger partial charge >= 0.3 is 0 Å². The Morgan fingerprint density at radius 1 is 1.03 bits per heavy atom. The van der Waals surface area contributed by atoms with Crippen molar-refractivity contribution in [3.05, 3.63) is 88.4 Å². The van der Waals surface area contributed by atoms with Crippen molar-refractivity contribution >= 4 is 40.5 Å². The summed E-state index contributed by atoms with van der Waals surface area (Å²) in [6.45, 7) is 4.09. The van der Waals surface area contributed by atoms with Gasteiger partial charge in [-0.25, -0.2) is 0 Å². The van der Waals surface area contributed by atoms with Gasteiger partial charge in [-0.1, -0.05) is 53.5 Å². The van der Waals surface area contributed by atoms with Crippen molar-refractivity contribution in [1.82, 2.24) is 4.90 Å². The van der Waals surface area contributed by atoms with Crippen LogP contribution in [0.2, 0.25) is 10.0 Å². The molecule has 1 saturated heterocycles. The van der Waals surface area contributed by atoms with E-state index in [1.165, 1.54) is 0 Å². The predicted molar refractivity (Wildman–Crippen MR) is 147 cm³/mol. The van der Waals surface area contributed by atoms with E-state index in [0.717, 1.165) is 31.6 Å². The number of nitrogens with zero attached hydrogens (tertiary/aromatic N) is 1. The summed E-state index contributed by atoms with van der Waals surface area (Å²) in [6.07, 6.45) is 1.90. The monoisotopic (exact) mass is 527 g/mol. The molecule has 8 heteroatoms. The number of para-hydroxylation sites is 2. The minimum Gasteiger partial charge on any atom is -0.488 e. The number of ether oxygens (including phenoxy) is 1. The van der Waals surface area contributed by atoms with Crippen LogP contribution in [0.3, 0.4) is 0 Å². The highest BCUT2D eigenvalue weighted by Gasteiger charge is 2.28. The van der Waals surface area contributed by atoms with Gasteiger partial charge in [0.1, 0.15) is 18.0 Å². The van der Waals surface area contributed by atoms with Crippen LogP contribution in [-0.2, 0) is 0 Å². The summed E-state index contributed by atoms with van der Waals surface area (Å²) in [5.74, 6) is 0.308. The largest absolute Gasteiger partial charge is 0.488 e. The lowest BCUT2D eigenvalue weighted by atomic mass is 10.0. The number of β-amino-alcohol motifs (C(OH)–C–C–N with tert-alkyl or cyclic N) is 1. The van der Waals surface area contributed by atoms with Crippen LogP contribution in [0.15, 0.2) is 72.8 Å². The van der Waals surface area contributed by atoms with Crippen molar-refractivity contribution in [3.8, 4) is 5.75 Å². The second-order valence-electron chi connectivity index (χ2n) is 9.43. The summed E-state index contributed by atoms with van der Waals surface area (Å²) >= 11 is 12.1. The van der Waals surface area contributed by atoms with E-state index in [-0.39, 0.29) is 12.5 Å². The first-order valence-electron chi connectivity index (χ1n) is 12.0. The van der Waals surface area contributed by atoms with Gasteiger partial charge in [-0.2, -0.15) is 0 Å². The van der Waals surface area contributed by atoms with Crippen LogP contribution in [0, 0.1) is 0 Å². The number of benzene rings is 3. The minimum absolute atomic E-state index is 0.104. The number of rotatable bonds is 9. The van der Waals surface area contributed by atoms with E-state index in [2.05, 4.69) is 15.5 Å². The SMILES string of the molecule is CC(O)(COc1ccccc1NC(=O)c1ccccc1)CN1CCC(Nc2ccc(Cl)c(Cl)c2)CC1. The molecule has 0 bridgehead atoms. The molecule has 3 aromatic rings. The number of carbonyl (C=O) groups is 1.